The van der Waals surface area contributed by atoms with E-state index in [1.165, 1.54) is 31.4 Å². The van der Waals surface area contributed by atoms with Gasteiger partial charge in [0, 0.05) is 12.6 Å². The van der Waals surface area contributed by atoms with Crippen molar-refractivity contribution in [3.8, 4) is 5.75 Å². The average molecular weight is 401 g/mol. The first kappa shape index (κ1) is 19.9. The van der Waals surface area contributed by atoms with E-state index in [1.807, 2.05) is 12.1 Å². The van der Waals surface area contributed by atoms with E-state index in [4.69, 9.17) is 0 Å². The van der Waals surface area contributed by atoms with Crippen LogP contribution in [-0.2, 0) is 16.7 Å². The molecule has 1 heterocycles. The van der Waals surface area contributed by atoms with Gasteiger partial charge in [-0.2, -0.15) is 21.6 Å². The van der Waals surface area contributed by atoms with Gasteiger partial charge in [0.25, 0.3) is 0 Å². The van der Waals surface area contributed by atoms with Crippen molar-refractivity contribution in [3.63, 3.8) is 0 Å². The van der Waals surface area contributed by atoms with E-state index >= 15 is 0 Å². The zero-order valence-electron chi connectivity index (χ0n) is 15.0. The highest BCUT2D eigenvalue weighted by molar-refractivity contribution is 7.88. The van der Waals surface area contributed by atoms with E-state index in [2.05, 4.69) is 16.0 Å². The molecule has 1 atom stereocenters. The van der Waals surface area contributed by atoms with Crippen LogP contribution < -0.4 is 4.18 Å². The number of nitrogens with zero attached hydrogens (tertiary/aromatic N) is 1. The van der Waals surface area contributed by atoms with Crippen molar-refractivity contribution >= 4 is 20.9 Å². The topological polar surface area (TPSA) is 46.6 Å². The highest BCUT2D eigenvalue weighted by Crippen LogP contribution is 2.30. The van der Waals surface area contributed by atoms with E-state index < -0.39 is 15.6 Å². The SMILES string of the molecule is CCC1CCCCN1Cc1ccc2cc(OS(=O)(=O)C(F)(F)F)ccc2c1. The molecular weight excluding hydrogens is 379 g/mol. The molecule has 1 unspecified atom stereocenters. The van der Waals surface area contributed by atoms with Crippen LogP contribution in [0.25, 0.3) is 10.8 Å². The Labute approximate surface area is 157 Å². The number of fused-ring (bicyclic) bond motifs is 1. The lowest BCUT2D eigenvalue weighted by atomic mass is 9.98. The predicted molar refractivity (Wildman–Crippen MR) is 97.9 cm³/mol. The van der Waals surface area contributed by atoms with Crippen LogP contribution in [0.4, 0.5) is 13.2 Å². The molecule has 2 aromatic rings. The Morgan fingerprint density at radius 3 is 2.52 bits per heavy atom. The van der Waals surface area contributed by atoms with E-state index in [9.17, 15) is 21.6 Å². The zero-order chi connectivity index (χ0) is 19.7. The molecule has 8 heteroatoms. The zero-order valence-corrected chi connectivity index (χ0v) is 15.8. The third-order valence-corrected chi connectivity index (χ3v) is 5.95. The van der Waals surface area contributed by atoms with E-state index in [-0.39, 0.29) is 5.75 Å². The van der Waals surface area contributed by atoms with Crippen LogP contribution in [0, 0.1) is 0 Å². The molecule has 0 aromatic heterocycles. The van der Waals surface area contributed by atoms with Gasteiger partial charge >= 0.3 is 15.6 Å². The lowest BCUT2D eigenvalue weighted by Crippen LogP contribution is -2.38. The minimum atomic E-state index is -5.66. The lowest BCUT2D eigenvalue weighted by Gasteiger charge is -2.35. The molecule has 1 aliphatic rings. The smallest absolute Gasteiger partial charge is 0.376 e. The molecule has 0 bridgehead atoms. The summed E-state index contributed by atoms with van der Waals surface area (Å²) in [6.07, 6.45) is 4.77. The van der Waals surface area contributed by atoms with Crippen molar-refractivity contribution in [1.82, 2.24) is 4.90 Å². The van der Waals surface area contributed by atoms with Gasteiger partial charge in [-0.1, -0.05) is 31.5 Å². The molecule has 3 rings (SSSR count). The summed E-state index contributed by atoms with van der Waals surface area (Å²) in [5.74, 6) is -0.352. The predicted octanol–water partition coefficient (Wildman–Crippen LogP) is 4.83. The van der Waals surface area contributed by atoms with Crippen LogP contribution in [0.15, 0.2) is 36.4 Å². The summed E-state index contributed by atoms with van der Waals surface area (Å²) in [5.41, 5.74) is -4.32. The molecule has 0 amide bonds. The first-order valence-electron chi connectivity index (χ1n) is 8.97. The van der Waals surface area contributed by atoms with Gasteiger partial charge in [0.1, 0.15) is 5.75 Å². The minimum Gasteiger partial charge on any atom is -0.376 e. The molecule has 148 valence electrons. The highest BCUT2D eigenvalue weighted by Gasteiger charge is 2.48. The van der Waals surface area contributed by atoms with Crippen LogP contribution in [0.3, 0.4) is 0 Å². The Hall–Kier alpha value is -1.80. The number of hydrogen-bond acceptors (Lipinski definition) is 4. The van der Waals surface area contributed by atoms with Crippen LogP contribution >= 0.6 is 0 Å². The summed E-state index contributed by atoms with van der Waals surface area (Å²) in [6.45, 7) is 4.09. The second kappa shape index (κ2) is 7.67. The average Bonchev–Trinajstić information content (AvgIpc) is 2.61. The van der Waals surface area contributed by atoms with Crippen molar-refractivity contribution in [1.29, 1.82) is 0 Å². The lowest BCUT2D eigenvalue weighted by molar-refractivity contribution is -0.0500. The number of alkyl halides is 3. The summed E-state index contributed by atoms with van der Waals surface area (Å²) in [4.78, 5) is 2.47. The second-order valence-electron chi connectivity index (χ2n) is 6.85. The fourth-order valence-electron chi connectivity index (χ4n) is 3.56. The second-order valence-corrected chi connectivity index (χ2v) is 8.39. The molecule has 4 nitrogen and oxygen atoms in total. The minimum absolute atomic E-state index is 0.352. The summed E-state index contributed by atoms with van der Waals surface area (Å²) >= 11 is 0. The van der Waals surface area contributed by atoms with Crippen LogP contribution in [0.5, 0.6) is 5.75 Å². The van der Waals surface area contributed by atoms with E-state index in [0.717, 1.165) is 30.5 Å². The maximum Gasteiger partial charge on any atom is 0.534 e. The molecule has 0 aliphatic carbocycles. The number of likely N-dealkylation sites (tertiary alicyclic amines) is 1. The van der Waals surface area contributed by atoms with Crippen molar-refractivity contribution < 1.29 is 25.8 Å². The maximum atomic E-state index is 12.5. The van der Waals surface area contributed by atoms with Crippen LogP contribution in [0.2, 0.25) is 0 Å². The van der Waals surface area contributed by atoms with Crippen LogP contribution in [-0.4, -0.2) is 31.4 Å². The Morgan fingerprint density at radius 2 is 1.81 bits per heavy atom. The van der Waals surface area contributed by atoms with E-state index in [0.29, 0.717) is 11.4 Å². The molecule has 0 spiro atoms. The first-order chi connectivity index (χ1) is 12.7. The van der Waals surface area contributed by atoms with E-state index in [1.54, 1.807) is 12.1 Å². The van der Waals surface area contributed by atoms with Gasteiger partial charge in [0.15, 0.2) is 0 Å². The molecule has 2 aromatic carbocycles. The fourth-order valence-corrected chi connectivity index (χ4v) is 4.01. The summed E-state index contributed by atoms with van der Waals surface area (Å²) < 4.78 is 63.8. The summed E-state index contributed by atoms with van der Waals surface area (Å²) in [6, 6.07) is 10.4. The molecule has 27 heavy (non-hydrogen) atoms. The number of piperidine rings is 1. The van der Waals surface area contributed by atoms with Crippen molar-refractivity contribution in [2.75, 3.05) is 6.54 Å². The van der Waals surface area contributed by atoms with Crippen molar-refractivity contribution in [2.45, 2.75) is 50.7 Å². The van der Waals surface area contributed by atoms with Crippen molar-refractivity contribution in [3.05, 3.63) is 42.0 Å². The largest absolute Gasteiger partial charge is 0.534 e. The molecular formula is C19H22F3NO3S. The first-order valence-corrected chi connectivity index (χ1v) is 10.4. The van der Waals surface area contributed by atoms with Gasteiger partial charge in [0.2, 0.25) is 0 Å². The molecule has 0 N–H and O–H groups in total. The molecule has 0 radical (unpaired) electrons. The quantitative estimate of drug-likeness (QED) is 0.532. The molecule has 1 saturated heterocycles. The molecule has 0 saturated carbocycles. The van der Waals surface area contributed by atoms with Crippen molar-refractivity contribution in [2.24, 2.45) is 0 Å². The number of rotatable bonds is 5. The third kappa shape index (κ3) is 4.55. The standard InChI is InChI=1S/C19H22F3NO3S/c1-2-17-5-3-4-10-23(17)13-14-6-7-16-12-18(9-8-15(16)11-14)26-27(24,25)19(20,21)22/h6-9,11-12,17H,2-5,10,13H2,1H3. The van der Waals surface area contributed by atoms with Gasteiger partial charge in [-0.05, 0) is 60.3 Å². The Balaban J connectivity index is 1.79. The van der Waals surface area contributed by atoms with Crippen LogP contribution in [0.1, 0.15) is 38.2 Å². The third-order valence-electron chi connectivity index (χ3n) is 4.97. The van der Waals surface area contributed by atoms with Gasteiger partial charge in [0.05, 0.1) is 0 Å². The number of benzene rings is 2. The van der Waals surface area contributed by atoms with Gasteiger partial charge in [-0.25, -0.2) is 0 Å². The summed E-state index contributed by atoms with van der Waals surface area (Å²) in [7, 11) is -5.66. The van der Waals surface area contributed by atoms with Gasteiger partial charge < -0.3 is 4.18 Å². The molecule has 1 fully saturated rings. The Bertz CT molecular complexity index is 912. The number of hydrogen-bond donors (Lipinski definition) is 0. The maximum absolute atomic E-state index is 12.5. The Kier molecular flexibility index (Phi) is 5.67. The highest BCUT2D eigenvalue weighted by atomic mass is 32.2. The summed E-state index contributed by atoms with van der Waals surface area (Å²) in [5, 5.41) is 1.45. The normalized spacial score (nSPS) is 19.3. The monoisotopic (exact) mass is 401 g/mol. The number of halogens is 3. The fraction of sp³-hybridized carbons (Fsp3) is 0.474. The Morgan fingerprint density at radius 1 is 1.11 bits per heavy atom. The van der Waals surface area contributed by atoms with Gasteiger partial charge in [-0.15, -0.1) is 0 Å². The van der Waals surface area contributed by atoms with Gasteiger partial charge in [-0.3, -0.25) is 4.90 Å². The molecule has 1 aliphatic heterocycles.